The lowest BCUT2D eigenvalue weighted by atomic mass is 9.97. The second-order valence-corrected chi connectivity index (χ2v) is 7.11. The van der Waals surface area contributed by atoms with Crippen LogP contribution < -0.4 is 11.1 Å². The van der Waals surface area contributed by atoms with Gasteiger partial charge in [0.1, 0.15) is 0 Å². The number of amides is 3. The predicted octanol–water partition coefficient (Wildman–Crippen LogP) is 1.85. The molecule has 1 aromatic carbocycles. The Hall–Kier alpha value is -2.57. The van der Waals surface area contributed by atoms with Gasteiger partial charge in [-0.15, -0.1) is 0 Å². The number of rotatable bonds is 7. The van der Waals surface area contributed by atoms with Crippen molar-refractivity contribution in [2.75, 3.05) is 13.1 Å². The second-order valence-electron chi connectivity index (χ2n) is 7.11. The van der Waals surface area contributed by atoms with Crippen molar-refractivity contribution in [2.45, 2.75) is 51.7 Å². The second kappa shape index (κ2) is 9.94. The largest absolute Gasteiger partial charge is 0.452 e. The third kappa shape index (κ3) is 6.58. The summed E-state index contributed by atoms with van der Waals surface area (Å²) in [5.41, 5.74) is 6.46. The normalized spacial score (nSPS) is 17.0. The molecule has 27 heavy (non-hydrogen) atoms. The highest BCUT2D eigenvalue weighted by Gasteiger charge is 2.30. The number of benzene rings is 1. The van der Waals surface area contributed by atoms with E-state index < -0.39 is 18.1 Å². The molecule has 1 aliphatic rings. The molecule has 2 rings (SSSR count). The number of primary amides is 1. The van der Waals surface area contributed by atoms with Gasteiger partial charge in [0.25, 0.3) is 5.91 Å². The minimum Gasteiger partial charge on any atom is -0.452 e. The zero-order chi connectivity index (χ0) is 19.8. The van der Waals surface area contributed by atoms with Gasteiger partial charge in [0.15, 0.2) is 6.10 Å². The Bertz CT molecular complexity index is 642. The number of nitrogens with two attached hydrogens (primary N) is 1. The van der Waals surface area contributed by atoms with Gasteiger partial charge in [-0.1, -0.05) is 30.3 Å². The molecule has 0 radical (unpaired) electrons. The lowest BCUT2D eigenvalue weighted by molar-refractivity contribution is -0.160. The van der Waals surface area contributed by atoms with E-state index in [0.29, 0.717) is 25.9 Å². The maximum atomic E-state index is 12.3. The van der Waals surface area contributed by atoms with E-state index in [4.69, 9.17) is 10.5 Å². The van der Waals surface area contributed by atoms with Gasteiger partial charge in [-0.25, -0.2) is 4.79 Å². The van der Waals surface area contributed by atoms with Crippen molar-refractivity contribution in [1.82, 2.24) is 10.2 Å². The van der Waals surface area contributed by atoms with Gasteiger partial charge in [0.05, 0.1) is 5.92 Å². The Morgan fingerprint density at radius 2 is 1.81 bits per heavy atom. The molecular weight excluding hydrogens is 346 g/mol. The average Bonchev–Trinajstić information content (AvgIpc) is 2.67. The van der Waals surface area contributed by atoms with Gasteiger partial charge < -0.3 is 20.7 Å². The van der Waals surface area contributed by atoms with E-state index in [0.717, 1.165) is 12.8 Å². The van der Waals surface area contributed by atoms with Crippen LogP contribution in [0.2, 0.25) is 0 Å². The monoisotopic (exact) mass is 375 g/mol. The van der Waals surface area contributed by atoms with Crippen LogP contribution in [0.15, 0.2) is 30.3 Å². The standard InChI is InChI=1S/C20H29N3O4/c1-14(8-9-16-6-4-3-5-7-16)22-18(24)15(2)27-19(25)17-10-12-23(13-11-17)20(21)26/h3-7,14-15,17H,8-13H2,1-2H3,(H2,21,26)(H,22,24)/t14-,15-/m1/s1. The van der Waals surface area contributed by atoms with Crippen molar-refractivity contribution >= 4 is 17.9 Å². The summed E-state index contributed by atoms with van der Waals surface area (Å²) >= 11 is 0. The summed E-state index contributed by atoms with van der Waals surface area (Å²) in [4.78, 5) is 37.1. The van der Waals surface area contributed by atoms with E-state index in [9.17, 15) is 14.4 Å². The SMILES string of the molecule is C[C@H](CCc1ccccc1)NC(=O)[C@@H](C)OC(=O)C1CCN(C(N)=O)CC1. The van der Waals surface area contributed by atoms with Crippen LogP contribution in [0.5, 0.6) is 0 Å². The molecule has 0 saturated carbocycles. The number of carbonyl (C=O) groups excluding carboxylic acids is 3. The van der Waals surface area contributed by atoms with E-state index in [-0.39, 0.29) is 17.9 Å². The number of ether oxygens (including phenoxy) is 1. The maximum Gasteiger partial charge on any atom is 0.314 e. The maximum absolute atomic E-state index is 12.3. The molecule has 0 aromatic heterocycles. The molecule has 3 N–H and O–H groups in total. The summed E-state index contributed by atoms with van der Waals surface area (Å²) in [5.74, 6) is -0.983. The van der Waals surface area contributed by atoms with Crippen molar-refractivity contribution in [3.63, 3.8) is 0 Å². The van der Waals surface area contributed by atoms with E-state index in [2.05, 4.69) is 17.4 Å². The summed E-state index contributed by atoms with van der Waals surface area (Å²) < 4.78 is 5.33. The van der Waals surface area contributed by atoms with Crippen LogP contribution in [0.3, 0.4) is 0 Å². The van der Waals surface area contributed by atoms with Crippen LogP contribution in [0.25, 0.3) is 0 Å². The Labute approximate surface area is 160 Å². The van der Waals surface area contributed by atoms with Gasteiger partial charge in [0, 0.05) is 19.1 Å². The molecule has 0 bridgehead atoms. The molecule has 1 heterocycles. The first-order chi connectivity index (χ1) is 12.9. The van der Waals surface area contributed by atoms with Gasteiger partial charge in [-0.05, 0) is 45.1 Å². The molecule has 0 unspecified atom stereocenters. The Morgan fingerprint density at radius 1 is 1.19 bits per heavy atom. The van der Waals surface area contributed by atoms with Crippen LogP contribution in [-0.2, 0) is 20.7 Å². The van der Waals surface area contributed by atoms with Crippen molar-refractivity contribution in [3.05, 3.63) is 35.9 Å². The first-order valence-electron chi connectivity index (χ1n) is 9.46. The molecule has 1 fully saturated rings. The van der Waals surface area contributed by atoms with Gasteiger partial charge in [-0.2, -0.15) is 0 Å². The first kappa shape index (κ1) is 20.7. The van der Waals surface area contributed by atoms with Crippen molar-refractivity contribution in [1.29, 1.82) is 0 Å². The molecule has 2 atom stereocenters. The smallest absolute Gasteiger partial charge is 0.314 e. The quantitative estimate of drug-likeness (QED) is 0.710. The first-order valence-corrected chi connectivity index (χ1v) is 9.46. The molecule has 1 aliphatic heterocycles. The number of piperidine rings is 1. The number of nitrogens with one attached hydrogen (secondary N) is 1. The highest BCUT2D eigenvalue weighted by molar-refractivity contribution is 5.84. The lowest BCUT2D eigenvalue weighted by Crippen LogP contribution is -2.45. The molecule has 7 nitrogen and oxygen atoms in total. The van der Waals surface area contributed by atoms with Crippen LogP contribution in [0, 0.1) is 5.92 Å². The number of nitrogens with zero attached hydrogens (tertiary/aromatic N) is 1. The summed E-state index contributed by atoms with van der Waals surface area (Å²) in [6.45, 7) is 4.39. The third-order valence-electron chi connectivity index (χ3n) is 4.90. The number of hydrogen-bond donors (Lipinski definition) is 2. The van der Waals surface area contributed by atoms with Gasteiger partial charge in [0.2, 0.25) is 0 Å². The van der Waals surface area contributed by atoms with E-state index >= 15 is 0 Å². The Kier molecular flexibility index (Phi) is 7.64. The van der Waals surface area contributed by atoms with Crippen LogP contribution in [-0.4, -0.2) is 48.0 Å². The summed E-state index contributed by atoms with van der Waals surface area (Å²) in [5, 5.41) is 2.89. The summed E-state index contributed by atoms with van der Waals surface area (Å²) in [6.07, 6.45) is 1.84. The zero-order valence-corrected chi connectivity index (χ0v) is 16.0. The third-order valence-corrected chi connectivity index (χ3v) is 4.90. The van der Waals surface area contributed by atoms with E-state index in [1.165, 1.54) is 10.5 Å². The molecule has 3 amide bonds. The van der Waals surface area contributed by atoms with Crippen molar-refractivity contribution < 1.29 is 19.1 Å². The molecular formula is C20H29N3O4. The Morgan fingerprint density at radius 3 is 2.41 bits per heavy atom. The highest BCUT2D eigenvalue weighted by atomic mass is 16.5. The zero-order valence-electron chi connectivity index (χ0n) is 16.0. The minimum absolute atomic E-state index is 0.0161. The molecule has 0 aliphatic carbocycles. The molecule has 7 heteroatoms. The van der Waals surface area contributed by atoms with E-state index in [1.54, 1.807) is 6.92 Å². The number of likely N-dealkylation sites (tertiary alicyclic amines) is 1. The number of urea groups is 1. The van der Waals surface area contributed by atoms with Gasteiger partial charge in [-0.3, -0.25) is 9.59 Å². The summed E-state index contributed by atoms with van der Waals surface area (Å²) in [7, 11) is 0. The van der Waals surface area contributed by atoms with Crippen LogP contribution in [0.4, 0.5) is 4.79 Å². The Balaban J connectivity index is 1.71. The number of esters is 1. The highest BCUT2D eigenvalue weighted by Crippen LogP contribution is 2.19. The molecule has 1 aromatic rings. The fourth-order valence-electron chi connectivity index (χ4n) is 3.12. The summed E-state index contributed by atoms with van der Waals surface area (Å²) in [6, 6.07) is 9.59. The van der Waals surface area contributed by atoms with Gasteiger partial charge >= 0.3 is 12.0 Å². The van der Waals surface area contributed by atoms with Crippen LogP contribution >= 0.6 is 0 Å². The van der Waals surface area contributed by atoms with Crippen molar-refractivity contribution in [3.8, 4) is 0 Å². The number of aryl methyl sites for hydroxylation is 1. The molecule has 1 saturated heterocycles. The van der Waals surface area contributed by atoms with E-state index in [1.807, 2.05) is 25.1 Å². The lowest BCUT2D eigenvalue weighted by Gasteiger charge is -2.30. The number of hydrogen-bond acceptors (Lipinski definition) is 4. The number of carbonyl (C=O) groups is 3. The topological polar surface area (TPSA) is 102 Å². The molecule has 0 spiro atoms. The van der Waals surface area contributed by atoms with Crippen molar-refractivity contribution in [2.24, 2.45) is 11.7 Å². The predicted molar refractivity (Wildman–Crippen MR) is 102 cm³/mol. The molecule has 148 valence electrons. The average molecular weight is 375 g/mol. The fourth-order valence-corrected chi connectivity index (χ4v) is 3.12. The van der Waals surface area contributed by atoms with Crippen LogP contribution in [0.1, 0.15) is 38.7 Å². The minimum atomic E-state index is -0.842. The fraction of sp³-hybridized carbons (Fsp3) is 0.550.